The third-order valence-electron chi connectivity index (χ3n) is 5.28. The summed E-state index contributed by atoms with van der Waals surface area (Å²) in [6.45, 7) is 7.34. The summed E-state index contributed by atoms with van der Waals surface area (Å²) in [6, 6.07) is 5.10. The molecule has 1 N–H and O–H groups in total. The largest absolute Gasteiger partial charge is 0.444 e. The molecule has 3 amide bonds. The lowest BCUT2D eigenvalue weighted by Crippen LogP contribution is -2.36. The summed E-state index contributed by atoms with van der Waals surface area (Å²) in [4.78, 5) is 45.2. The maximum atomic E-state index is 13.1. The zero-order chi connectivity index (χ0) is 25.4. The van der Waals surface area contributed by atoms with Crippen molar-refractivity contribution in [3.63, 3.8) is 0 Å². The Kier molecular flexibility index (Phi) is 7.43. The van der Waals surface area contributed by atoms with E-state index in [2.05, 4.69) is 10.3 Å². The van der Waals surface area contributed by atoms with Crippen molar-refractivity contribution in [1.29, 1.82) is 0 Å². The molecule has 0 bridgehead atoms. The minimum absolute atomic E-state index is 0.0689. The van der Waals surface area contributed by atoms with Crippen LogP contribution in [0.15, 0.2) is 18.2 Å². The fourth-order valence-electron chi connectivity index (χ4n) is 3.67. The number of benzene rings is 1. The van der Waals surface area contributed by atoms with Crippen LogP contribution in [0.1, 0.15) is 48.1 Å². The maximum Gasteiger partial charge on any atom is 0.407 e. The fraction of sp³-hybridized carbons (Fsp3) is 0.417. The van der Waals surface area contributed by atoms with Gasteiger partial charge in [-0.1, -0.05) is 29.3 Å². The van der Waals surface area contributed by atoms with Gasteiger partial charge in [-0.2, -0.15) is 0 Å². The van der Waals surface area contributed by atoms with Crippen molar-refractivity contribution in [3.05, 3.63) is 50.8 Å². The van der Waals surface area contributed by atoms with Crippen LogP contribution < -0.4 is 5.32 Å². The van der Waals surface area contributed by atoms with Gasteiger partial charge in [0.05, 0.1) is 0 Å². The van der Waals surface area contributed by atoms with Crippen LogP contribution in [-0.4, -0.2) is 58.9 Å². The Morgan fingerprint density at radius 2 is 1.91 bits per heavy atom. The van der Waals surface area contributed by atoms with E-state index in [9.17, 15) is 14.4 Å². The molecule has 1 aromatic carbocycles. The van der Waals surface area contributed by atoms with Crippen LogP contribution in [0.2, 0.25) is 10.0 Å². The molecule has 182 valence electrons. The second kappa shape index (κ2) is 9.80. The number of amides is 3. The predicted octanol–water partition coefficient (Wildman–Crippen LogP) is 4.43. The van der Waals surface area contributed by atoms with Gasteiger partial charge in [0, 0.05) is 59.6 Å². The second-order valence-corrected chi connectivity index (χ2v) is 10.2. The molecule has 0 unspecified atom stereocenters. The molecule has 0 radical (unpaired) electrons. The van der Waals surface area contributed by atoms with Gasteiger partial charge in [0.1, 0.15) is 17.8 Å². The molecule has 1 aliphatic heterocycles. The third-order valence-corrected chi connectivity index (χ3v) is 5.83. The van der Waals surface area contributed by atoms with E-state index < -0.39 is 11.7 Å². The SMILES string of the molecule is Cc1nc2c(c(-c3ccc(Cl)cc3Cl)c1CNC(=O)OC(C)(C)C)CN(CC(=O)N(C)C)C2=O. The molecule has 0 spiro atoms. The van der Waals surface area contributed by atoms with Crippen LogP contribution in [0.4, 0.5) is 4.79 Å². The van der Waals surface area contributed by atoms with E-state index in [0.29, 0.717) is 38.0 Å². The van der Waals surface area contributed by atoms with Crippen LogP contribution >= 0.6 is 23.2 Å². The van der Waals surface area contributed by atoms with Gasteiger partial charge in [-0.05, 0) is 45.4 Å². The summed E-state index contributed by atoms with van der Waals surface area (Å²) in [7, 11) is 3.27. The smallest absolute Gasteiger partial charge is 0.407 e. The number of halogens is 2. The number of aromatic nitrogens is 1. The molecule has 34 heavy (non-hydrogen) atoms. The number of pyridine rings is 1. The van der Waals surface area contributed by atoms with Gasteiger partial charge in [-0.3, -0.25) is 9.59 Å². The van der Waals surface area contributed by atoms with E-state index >= 15 is 0 Å². The molecule has 0 atom stereocenters. The summed E-state index contributed by atoms with van der Waals surface area (Å²) < 4.78 is 5.36. The zero-order valence-corrected chi connectivity index (χ0v) is 21.6. The van der Waals surface area contributed by atoms with Crippen LogP contribution in [0, 0.1) is 6.92 Å². The van der Waals surface area contributed by atoms with E-state index in [0.717, 1.165) is 0 Å². The number of alkyl carbamates (subject to hydrolysis) is 1. The number of hydrogen-bond acceptors (Lipinski definition) is 5. The van der Waals surface area contributed by atoms with Crippen molar-refractivity contribution < 1.29 is 19.1 Å². The van der Waals surface area contributed by atoms with Crippen molar-refractivity contribution >= 4 is 41.1 Å². The summed E-state index contributed by atoms with van der Waals surface area (Å²) in [5, 5.41) is 3.64. The molecular formula is C24H28Cl2N4O4. The second-order valence-electron chi connectivity index (χ2n) is 9.31. The van der Waals surface area contributed by atoms with Gasteiger partial charge >= 0.3 is 6.09 Å². The van der Waals surface area contributed by atoms with Crippen molar-refractivity contribution in [3.8, 4) is 11.1 Å². The molecule has 0 saturated heterocycles. The van der Waals surface area contributed by atoms with Crippen LogP contribution in [0.3, 0.4) is 0 Å². The number of nitrogens with zero attached hydrogens (tertiary/aromatic N) is 3. The third kappa shape index (κ3) is 5.62. The first kappa shape index (κ1) is 25.8. The highest BCUT2D eigenvalue weighted by atomic mass is 35.5. The van der Waals surface area contributed by atoms with Crippen molar-refractivity contribution in [2.75, 3.05) is 20.6 Å². The first-order valence-corrected chi connectivity index (χ1v) is 11.5. The molecule has 2 aromatic rings. The minimum atomic E-state index is -0.649. The highest BCUT2D eigenvalue weighted by Crippen LogP contribution is 2.40. The molecule has 10 heteroatoms. The van der Waals surface area contributed by atoms with E-state index in [1.165, 1.54) is 9.80 Å². The minimum Gasteiger partial charge on any atom is -0.444 e. The average molecular weight is 507 g/mol. The summed E-state index contributed by atoms with van der Waals surface area (Å²) in [5.41, 5.74) is 2.87. The Bertz CT molecular complexity index is 1160. The lowest BCUT2D eigenvalue weighted by Gasteiger charge is -2.21. The number of likely N-dealkylation sites (N-methyl/N-ethyl adjacent to an activating group) is 1. The molecule has 0 saturated carbocycles. The summed E-state index contributed by atoms with van der Waals surface area (Å²) >= 11 is 12.7. The first-order valence-electron chi connectivity index (χ1n) is 10.7. The number of carbonyl (C=O) groups excluding carboxylic acids is 3. The number of ether oxygens (including phenoxy) is 1. The molecule has 1 aromatic heterocycles. The Morgan fingerprint density at radius 3 is 2.50 bits per heavy atom. The van der Waals surface area contributed by atoms with Crippen LogP contribution in [0.5, 0.6) is 0 Å². The van der Waals surface area contributed by atoms with Crippen LogP contribution in [0.25, 0.3) is 11.1 Å². The Hall–Kier alpha value is -2.84. The topological polar surface area (TPSA) is 91.8 Å². The molecule has 3 rings (SSSR count). The van der Waals surface area contributed by atoms with Crippen molar-refractivity contribution in [1.82, 2.24) is 20.1 Å². The number of carbonyl (C=O) groups is 3. The number of aryl methyl sites for hydroxylation is 1. The molecule has 0 aliphatic carbocycles. The summed E-state index contributed by atoms with van der Waals surface area (Å²) in [6.07, 6.45) is -0.574. The van der Waals surface area contributed by atoms with Gasteiger partial charge in [0.2, 0.25) is 5.91 Å². The number of fused-ring (bicyclic) bond motifs is 1. The monoisotopic (exact) mass is 506 g/mol. The zero-order valence-electron chi connectivity index (χ0n) is 20.1. The van der Waals surface area contributed by atoms with Gasteiger partial charge < -0.3 is 19.9 Å². The summed E-state index contributed by atoms with van der Waals surface area (Å²) in [5.74, 6) is -0.526. The van der Waals surface area contributed by atoms with Crippen molar-refractivity contribution in [2.45, 2.75) is 46.4 Å². The van der Waals surface area contributed by atoms with Gasteiger partial charge in [0.25, 0.3) is 5.91 Å². The number of hydrogen-bond donors (Lipinski definition) is 1. The van der Waals surface area contributed by atoms with Gasteiger partial charge in [0.15, 0.2) is 0 Å². The molecule has 0 fully saturated rings. The van der Waals surface area contributed by atoms with Gasteiger partial charge in [-0.15, -0.1) is 0 Å². The molecule has 8 nitrogen and oxygen atoms in total. The average Bonchev–Trinajstić information content (AvgIpc) is 3.00. The predicted molar refractivity (Wildman–Crippen MR) is 131 cm³/mol. The highest BCUT2D eigenvalue weighted by molar-refractivity contribution is 6.36. The number of rotatable bonds is 5. The molecular weight excluding hydrogens is 479 g/mol. The lowest BCUT2D eigenvalue weighted by molar-refractivity contribution is -0.129. The number of nitrogens with one attached hydrogen (secondary N) is 1. The molecule has 1 aliphatic rings. The fourth-order valence-corrected chi connectivity index (χ4v) is 4.17. The Balaban J connectivity index is 2.08. The van der Waals surface area contributed by atoms with Gasteiger partial charge in [-0.25, -0.2) is 9.78 Å². The normalized spacial score (nSPS) is 13.1. The molecule has 2 heterocycles. The van der Waals surface area contributed by atoms with Crippen LogP contribution in [-0.2, 0) is 22.6 Å². The van der Waals surface area contributed by atoms with Crippen molar-refractivity contribution in [2.24, 2.45) is 0 Å². The highest BCUT2D eigenvalue weighted by Gasteiger charge is 2.35. The standard InChI is InChI=1S/C24H28Cl2N4O4/c1-13-16(10-27-23(33)34-24(2,3)4)20(15-8-7-14(25)9-18(15)26)17-11-30(12-19(31)29(5)6)22(32)21(17)28-13/h7-9H,10-12H2,1-6H3,(H,27,33). The van der Waals surface area contributed by atoms with E-state index in [4.69, 9.17) is 27.9 Å². The first-order chi connectivity index (χ1) is 15.8. The quantitative estimate of drug-likeness (QED) is 0.647. The van der Waals surface area contributed by atoms with E-state index in [1.807, 2.05) is 0 Å². The maximum absolute atomic E-state index is 13.1. The Morgan fingerprint density at radius 1 is 1.24 bits per heavy atom. The Labute approximate surface area is 209 Å². The lowest BCUT2D eigenvalue weighted by atomic mass is 9.93. The van der Waals surface area contributed by atoms with E-state index in [1.54, 1.807) is 60.0 Å². The van der Waals surface area contributed by atoms with E-state index in [-0.39, 0.29) is 37.1 Å².